The summed E-state index contributed by atoms with van der Waals surface area (Å²) in [7, 11) is 0. The largest absolute Gasteiger partial charge is 0.349 e. The van der Waals surface area contributed by atoms with E-state index >= 15 is 0 Å². The number of amides is 1. The quantitative estimate of drug-likeness (QED) is 0.803. The van der Waals surface area contributed by atoms with Gasteiger partial charge in [0, 0.05) is 13.1 Å². The van der Waals surface area contributed by atoms with Crippen molar-refractivity contribution in [3.8, 4) is 0 Å². The molecule has 0 saturated carbocycles. The lowest BCUT2D eigenvalue weighted by atomic mass is 10.00. The number of nitrogens with one attached hydrogen (secondary N) is 1. The van der Waals surface area contributed by atoms with Crippen molar-refractivity contribution in [3.05, 3.63) is 35.6 Å². The highest BCUT2D eigenvalue weighted by Gasteiger charge is 2.20. The van der Waals surface area contributed by atoms with Gasteiger partial charge in [-0.15, -0.1) is 0 Å². The highest BCUT2D eigenvalue weighted by molar-refractivity contribution is 7.80. The van der Waals surface area contributed by atoms with Gasteiger partial charge in [0.1, 0.15) is 5.82 Å². The zero-order valence-electron chi connectivity index (χ0n) is 10.9. The fourth-order valence-corrected chi connectivity index (χ4v) is 2.38. The molecule has 1 fully saturated rings. The Hall–Kier alpha value is -1.49. The SMILES string of the molecule is CC1CCN(C(=S)NC(=O)c2ccccc2F)CC1. The molecule has 1 aliphatic rings. The average molecular weight is 280 g/mol. The first-order valence-electron chi connectivity index (χ1n) is 6.42. The number of piperidine rings is 1. The third-order valence-electron chi connectivity index (χ3n) is 3.41. The Morgan fingerprint density at radius 2 is 2.00 bits per heavy atom. The zero-order valence-corrected chi connectivity index (χ0v) is 11.7. The lowest BCUT2D eigenvalue weighted by Crippen LogP contribution is -2.46. The summed E-state index contributed by atoms with van der Waals surface area (Å²) in [6.07, 6.45) is 2.13. The Bertz CT molecular complexity index is 484. The van der Waals surface area contributed by atoms with E-state index in [-0.39, 0.29) is 5.56 Å². The Morgan fingerprint density at radius 3 is 2.63 bits per heavy atom. The van der Waals surface area contributed by atoms with Crippen molar-refractivity contribution in [3.63, 3.8) is 0 Å². The zero-order chi connectivity index (χ0) is 13.8. The van der Waals surface area contributed by atoms with Gasteiger partial charge in [-0.3, -0.25) is 10.1 Å². The van der Waals surface area contributed by atoms with E-state index in [1.165, 1.54) is 12.1 Å². The van der Waals surface area contributed by atoms with Crippen LogP contribution in [0.1, 0.15) is 30.1 Å². The molecule has 0 aromatic heterocycles. The van der Waals surface area contributed by atoms with Gasteiger partial charge in [0.15, 0.2) is 5.11 Å². The minimum atomic E-state index is -0.532. The first-order chi connectivity index (χ1) is 9.08. The van der Waals surface area contributed by atoms with Crippen LogP contribution >= 0.6 is 12.2 Å². The molecule has 5 heteroatoms. The minimum Gasteiger partial charge on any atom is -0.349 e. The lowest BCUT2D eigenvalue weighted by molar-refractivity contribution is 0.0968. The van der Waals surface area contributed by atoms with E-state index in [4.69, 9.17) is 12.2 Å². The summed E-state index contributed by atoms with van der Waals surface area (Å²) in [6, 6.07) is 5.90. The first-order valence-corrected chi connectivity index (χ1v) is 6.83. The number of halogens is 1. The van der Waals surface area contributed by atoms with E-state index in [0.29, 0.717) is 11.0 Å². The number of thiocarbonyl (C=S) groups is 1. The van der Waals surface area contributed by atoms with E-state index in [2.05, 4.69) is 12.2 Å². The van der Waals surface area contributed by atoms with Crippen molar-refractivity contribution < 1.29 is 9.18 Å². The van der Waals surface area contributed by atoms with E-state index in [1.807, 2.05) is 4.90 Å². The molecule has 1 N–H and O–H groups in total. The van der Waals surface area contributed by atoms with Gasteiger partial charge >= 0.3 is 0 Å². The van der Waals surface area contributed by atoms with Crippen LogP contribution in [0, 0.1) is 11.7 Å². The fourth-order valence-electron chi connectivity index (χ4n) is 2.10. The molecular formula is C14H17FN2OS. The third kappa shape index (κ3) is 3.50. The summed E-state index contributed by atoms with van der Waals surface area (Å²) in [5, 5.41) is 2.99. The van der Waals surface area contributed by atoms with Gasteiger partial charge in [0.2, 0.25) is 0 Å². The summed E-state index contributed by atoms with van der Waals surface area (Å²) in [5.41, 5.74) is 0.0234. The number of carbonyl (C=O) groups is 1. The second kappa shape index (κ2) is 6.10. The molecule has 1 amide bonds. The maximum atomic E-state index is 13.5. The van der Waals surface area contributed by atoms with Crippen LogP contribution in [0.25, 0.3) is 0 Å². The Balaban J connectivity index is 1.96. The van der Waals surface area contributed by atoms with Crippen LogP contribution in [-0.4, -0.2) is 29.0 Å². The molecular weight excluding hydrogens is 263 g/mol. The van der Waals surface area contributed by atoms with Crippen molar-refractivity contribution >= 4 is 23.2 Å². The van der Waals surface area contributed by atoms with Crippen LogP contribution in [0.5, 0.6) is 0 Å². The monoisotopic (exact) mass is 280 g/mol. The van der Waals surface area contributed by atoms with Crippen LogP contribution in [0.3, 0.4) is 0 Å². The van der Waals surface area contributed by atoms with Crippen LogP contribution in [0.4, 0.5) is 4.39 Å². The highest BCUT2D eigenvalue weighted by atomic mass is 32.1. The van der Waals surface area contributed by atoms with Crippen LogP contribution < -0.4 is 5.32 Å². The van der Waals surface area contributed by atoms with E-state index < -0.39 is 11.7 Å². The van der Waals surface area contributed by atoms with E-state index in [9.17, 15) is 9.18 Å². The molecule has 3 nitrogen and oxygen atoms in total. The predicted molar refractivity (Wildman–Crippen MR) is 76.4 cm³/mol. The number of hydrogen-bond acceptors (Lipinski definition) is 2. The molecule has 1 aromatic rings. The molecule has 1 aliphatic heterocycles. The summed E-state index contributed by atoms with van der Waals surface area (Å²) < 4.78 is 13.5. The van der Waals surface area contributed by atoms with E-state index in [1.54, 1.807) is 12.1 Å². The predicted octanol–water partition coefficient (Wildman–Crippen LogP) is 2.57. The van der Waals surface area contributed by atoms with Gasteiger partial charge in [0.05, 0.1) is 5.56 Å². The van der Waals surface area contributed by atoms with Gasteiger partial charge in [-0.05, 0) is 43.1 Å². The molecule has 1 saturated heterocycles. The van der Waals surface area contributed by atoms with Gasteiger partial charge in [-0.2, -0.15) is 0 Å². The molecule has 0 spiro atoms. The summed E-state index contributed by atoms with van der Waals surface area (Å²) in [5.74, 6) is -0.321. The van der Waals surface area contributed by atoms with Crippen molar-refractivity contribution in [2.75, 3.05) is 13.1 Å². The molecule has 2 rings (SSSR count). The maximum Gasteiger partial charge on any atom is 0.260 e. The number of carbonyl (C=O) groups excluding carboxylic acids is 1. The molecule has 0 atom stereocenters. The minimum absolute atomic E-state index is 0.0234. The molecule has 19 heavy (non-hydrogen) atoms. The summed E-state index contributed by atoms with van der Waals surface area (Å²) in [6.45, 7) is 3.90. The van der Waals surface area contributed by atoms with Crippen LogP contribution in [-0.2, 0) is 0 Å². The Kier molecular flexibility index (Phi) is 4.47. The summed E-state index contributed by atoms with van der Waals surface area (Å²) in [4.78, 5) is 13.9. The third-order valence-corrected chi connectivity index (χ3v) is 3.77. The van der Waals surface area contributed by atoms with Gasteiger partial charge in [-0.1, -0.05) is 19.1 Å². The first kappa shape index (κ1) is 13.9. The Labute approximate surface area is 117 Å². The smallest absolute Gasteiger partial charge is 0.260 e. The molecule has 102 valence electrons. The molecule has 1 heterocycles. The highest BCUT2D eigenvalue weighted by Crippen LogP contribution is 2.16. The fraction of sp³-hybridized carbons (Fsp3) is 0.429. The van der Waals surface area contributed by atoms with Crippen molar-refractivity contribution in [1.29, 1.82) is 0 Å². The van der Waals surface area contributed by atoms with Crippen molar-refractivity contribution in [2.24, 2.45) is 5.92 Å². The number of likely N-dealkylation sites (tertiary alicyclic amines) is 1. The molecule has 0 unspecified atom stereocenters. The number of rotatable bonds is 1. The molecule has 1 aromatic carbocycles. The van der Waals surface area contributed by atoms with Crippen molar-refractivity contribution in [2.45, 2.75) is 19.8 Å². The second-order valence-electron chi connectivity index (χ2n) is 4.91. The number of hydrogen-bond donors (Lipinski definition) is 1. The van der Waals surface area contributed by atoms with Crippen LogP contribution in [0.2, 0.25) is 0 Å². The normalized spacial score (nSPS) is 16.2. The van der Waals surface area contributed by atoms with Crippen molar-refractivity contribution in [1.82, 2.24) is 10.2 Å². The topological polar surface area (TPSA) is 32.3 Å². The van der Waals surface area contributed by atoms with Gasteiger partial charge < -0.3 is 4.90 Å². The van der Waals surface area contributed by atoms with Gasteiger partial charge in [-0.25, -0.2) is 4.39 Å². The van der Waals surface area contributed by atoms with Crippen LogP contribution in [0.15, 0.2) is 24.3 Å². The lowest BCUT2D eigenvalue weighted by Gasteiger charge is -2.32. The molecule has 0 radical (unpaired) electrons. The standard InChI is InChI=1S/C14H17FN2OS/c1-10-6-8-17(9-7-10)14(19)16-13(18)11-4-2-3-5-12(11)15/h2-5,10H,6-9H2,1H3,(H,16,18,19). The average Bonchev–Trinajstić information content (AvgIpc) is 2.39. The van der Waals surface area contributed by atoms with E-state index in [0.717, 1.165) is 25.9 Å². The number of nitrogens with zero attached hydrogens (tertiary/aromatic N) is 1. The molecule has 0 aliphatic carbocycles. The Morgan fingerprint density at radius 1 is 1.37 bits per heavy atom. The summed E-state index contributed by atoms with van der Waals surface area (Å²) >= 11 is 5.20. The maximum absolute atomic E-state index is 13.5. The molecule has 0 bridgehead atoms. The van der Waals surface area contributed by atoms with Gasteiger partial charge in [0.25, 0.3) is 5.91 Å². The number of benzene rings is 1. The second-order valence-corrected chi connectivity index (χ2v) is 5.30.